The summed E-state index contributed by atoms with van der Waals surface area (Å²) in [5, 5.41) is 9.35. The summed E-state index contributed by atoms with van der Waals surface area (Å²) >= 11 is 6.26. The Hall–Kier alpha value is -2.26. The molecule has 3 nitrogen and oxygen atoms in total. The Morgan fingerprint density at radius 2 is 1.92 bits per heavy atom. The molecule has 0 atom stereocenters. The quantitative estimate of drug-likeness (QED) is 0.681. The van der Waals surface area contributed by atoms with Crippen LogP contribution in [0.15, 0.2) is 48.0 Å². The van der Waals surface area contributed by atoms with Crippen LogP contribution in [0, 0.1) is 6.92 Å². The predicted octanol–water partition coefficient (Wildman–Crippen LogP) is 5.68. The fourth-order valence-corrected chi connectivity index (χ4v) is 3.57. The third-order valence-corrected chi connectivity index (χ3v) is 5.13. The standard InChI is InChI=1S/C22H23ClO3/c1-15-5-7-16(8-6-15)20-4-2-3-18(20)14-26-19-11-9-17(21(23)13-19)10-12-22(24)25/h5-9,11,13H,2-4,10,12,14H2,1H3,(H,24,25). The number of hydrogen-bond donors (Lipinski definition) is 1. The van der Waals surface area contributed by atoms with Crippen molar-refractivity contribution in [1.82, 2.24) is 0 Å². The molecule has 0 amide bonds. The van der Waals surface area contributed by atoms with Gasteiger partial charge in [0.15, 0.2) is 0 Å². The smallest absolute Gasteiger partial charge is 0.303 e. The van der Waals surface area contributed by atoms with E-state index in [-0.39, 0.29) is 6.42 Å². The third-order valence-electron chi connectivity index (χ3n) is 4.78. The number of aryl methyl sites for hydroxylation is 2. The van der Waals surface area contributed by atoms with Gasteiger partial charge in [0, 0.05) is 11.4 Å². The van der Waals surface area contributed by atoms with Gasteiger partial charge in [0.25, 0.3) is 0 Å². The molecule has 0 aromatic heterocycles. The van der Waals surface area contributed by atoms with Gasteiger partial charge in [-0.2, -0.15) is 0 Å². The second-order valence-corrected chi connectivity index (χ2v) is 7.14. The highest BCUT2D eigenvalue weighted by molar-refractivity contribution is 6.31. The number of ether oxygens (including phenoxy) is 1. The highest BCUT2D eigenvalue weighted by Crippen LogP contribution is 2.34. The van der Waals surface area contributed by atoms with Gasteiger partial charge in [0.2, 0.25) is 0 Å². The molecule has 0 fully saturated rings. The van der Waals surface area contributed by atoms with E-state index in [1.807, 2.05) is 12.1 Å². The van der Waals surface area contributed by atoms with Crippen molar-refractivity contribution in [1.29, 1.82) is 0 Å². The molecule has 0 spiro atoms. The van der Waals surface area contributed by atoms with E-state index in [2.05, 4.69) is 31.2 Å². The minimum atomic E-state index is -0.821. The number of rotatable bonds is 7. The van der Waals surface area contributed by atoms with Crippen molar-refractivity contribution in [3.8, 4) is 5.75 Å². The lowest BCUT2D eigenvalue weighted by Crippen LogP contribution is -2.02. The summed E-state index contributed by atoms with van der Waals surface area (Å²) in [6.45, 7) is 2.66. The normalized spacial score (nSPS) is 13.9. The molecule has 1 aliphatic rings. The zero-order valence-electron chi connectivity index (χ0n) is 14.9. The fraction of sp³-hybridized carbons (Fsp3) is 0.318. The van der Waals surface area contributed by atoms with Crippen LogP contribution >= 0.6 is 11.6 Å². The van der Waals surface area contributed by atoms with Crippen LogP contribution in [0.2, 0.25) is 5.02 Å². The van der Waals surface area contributed by atoms with E-state index < -0.39 is 5.97 Å². The summed E-state index contributed by atoms with van der Waals surface area (Å²) in [6.07, 6.45) is 3.82. The summed E-state index contributed by atoms with van der Waals surface area (Å²) in [7, 11) is 0. The minimum absolute atomic E-state index is 0.0761. The van der Waals surface area contributed by atoms with Crippen LogP contribution in [0.25, 0.3) is 5.57 Å². The van der Waals surface area contributed by atoms with Crippen LogP contribution in [0.4, 0.5) is 0 Å². The van der Waals surface area contributed by atoms with Crippen molar-refractivity contribution in [2.24, 2.45) is 0 Å². The summed E-state index contributed by atoms with van der Waals surface area (Å²) < 4.78 is 5.97. The van der Waals surface area contributed by atoms with Crippen molar-refractivity contribution in [2.45, 2.75) is 39.0 Å². The van der Waals surface area contributed by atoms with Gasteiger partial charge >= 0.3 is 5.97 Å². The van der Waals surface area contributed by atoms with Gasteiger partial charge in [-0.05, 0) is 67.0 Å². The number of carboxylic acid groups (broad SMARTS) is 1. The van der Waals surface area contributed by atoms with Crippen LogP contribution in [0.5, 0.6) is 5.75 Å². The molecule has 0 saturated heterocycles. The largest absolute Gasteiger partial charge is 0.489 e. The summed E-state index contributed by atoms with van der Waals surface area (Å²) in [4.78, 5) is 10.7. The number of hydrogen-bond acceptors (Lipinski definition) is 2. The van der Waals surface area contributed by atoms with E-state index in [0.717, 1.165) is 30.6 Å². The number of allylic oxidation sites excluding steroid dienone is 1. The minimum Gasteiger partial charge on any atom is -0.489 e. The Balaban J connectivity index is 1.67. The molecular formula is C22H23ClO3. The first-order valence-corrected chi connectivity index (χ1v) is 9.31. The second-order valence-electron chi connectivity index (χ2n) is 6.74. The Kier molecular flexibility index (Phi) is 6.00. The van der Waals surface area contributed by atoms with Crippen LogP contribution in [-0.2, 0) is 11.2 Å². The highest BCUT2D eigenvalue weighted by atomic mass is 35.5. The van der Waals surface area contributed by atoms with Crippen LogP contribution < -0.4 is 4.74 Å². The summed E-state index contributed by atoms with van der Waals surface area (Å²) in [5.74, 6) is -0.102. The van der Waals surface area contributed by atoms with Crippen molar-refractivity contribution >= 4 is 23.1 Å². The van der Waals surface area contributed by atoms with Gasteiger partial charge in [0.05, 0.1) is 0 Å². The van der Waals surface area contributed by atoms with Crippen LogP contribution in [0.1, 0.15) is 42.4 Å². The molecule has 0 bridgehead atoms. The van der Waals surface area contributed by atoms with Crippen molar-refractivity contribution in [2.75, 3.05) is 6.61 Å². The van der Waals surface area contributed by atoms with Gasteiger partial charge in [-0.25, -0.2) is 0 Å². The maximum absolute atomic E-state index is 10.7. The Morgan fingerprint density at radius 3 is 2.62 bits per heavy atom. The Morgan fingerprint density at radius 1 is 1.15 bits per heavy atom. The van der Waals surface area contributed by atoms with E-state index in [9.17, 15) is 4.79 Å². The molecule has 0 saturated carbocycles. The first kappa shape index (κ1) is 18.5. The van der Waals surface area contributed by atoms with Gasteiger partial charge in [-0.15, -0.1) is 0 Å². The number of carboxylic acids is 1. The average molecular weight is 371 g/mol. The molecule has 2 aromatic carbocycles. The van der Waals surface area contributed by atoms with E-state index in [1.54, 1.807) is 6.07 Å². The first-order chi connectivity index (χ1) is 12.5. The first-order valence-electron chi connectivity index (χ1n) is 8.94. The third kappa shape index (κ3) is 4.67. The SMILES string of the molecule is Cc1ccc(C2=C(COc3ccc(CCC(=O)O)c(Cl)c3)CCC2)cc1. The summed E-state index contributed by atoms with van der Waals surface area (Å²) in [6, 6.07) is 14.2. The van der Waals surface area contributed by atoms with Crippen molar-refractivity contribution in [3.05, 3.63) is 69.8 Å². The Bertz CT molecular complexity index is 822. The van der Waals surface area contributed by atoms with Gasteiger partial charge in [-0.1, -0.05) is 47.5 Å². The number of halogens is 1. The zero-order valence-corrected chi connectivity index (χ0v) is 15.7. The lowest BCUT2D eigenvalue weighted by molar-refractivity contribution is -0.136. The maximum atomic E-state index is 10.7. The Labute approximate surface area is 159 Å². The molecular weight excluding hydrogens is 348 g/mol. The van der Waals surface area contributed by atoms with Gasteiger partial charge < -0.3 is 9.84 Å². The number of carbonyl (C=O) groups is 1. The fourth-order valence-electron chi connectivity index (χ4n) is 3.30. The number of benzene rings is 2. The molecule has 1 N–H and O–H groups in total. The predicted molar refractivity (Wildman–Crippen MR) is 105 cm³/mol. The van der Waals surface area contributed by atoms with Gasteiger partial charge in [-0.3, -0.25) is 4.79 Å². The monoisotopic (exact) mass is 370 g/mol. The molecule has 26 heavy (non-hydrogen) atoms. The number of aliphatic carboxylic acids is 1. The molecule has 0 radical (unpaired) electrons. The van der Waals surface area contributed by atoms with Crippen LogP contribution in [0.3, 0.4) is 0 Å². The zero-order chi connectivity index (χ0) is 18.5. The highest BCUT2D eigenvalue weighted by Gasteiger charge is 2.17. The topological polar surface area (TPSA) is 46.5 Å². The van der Waals surface area contributed by atoms with E-state index in [4.69, 9.17) is 21.4 Å². The van der Waals surface area contributed by atoms with Gasteiger partial charge in [0.1, 0.15) is 12.4 Å². The lowest BCUT2D eigenvalue weighted by Gasteiger charge is -2.12. The molecule has 3 rings (SSSR count). The van der Waals surface area contributed by atoms with Crippen molar-refractivity contribution in [3.63, 3.8) is 0 Å². The molecule has 4 heteroatoms. The van der Waals surface area contributed by atoms with E-state index in [0.29, 0.717) is 18.1 Å². The molecule has 136 valence electrons. The average Bonchev–Trinajstić information content (AvgIpc) is 3.08. The summed E-state index contributed by atoms with van der Waals surface area (Å²) in [5.41, 5.74) is 6.13. The molecule has 0 unspecified atom stereocenters. The van der Waals surface area contributed by atoms with Crippen molar-refractivity contribution < 1.29 is 14.6 Å². The lowest BCUT2D eigenvalue weighted by atomic mass is 10.0. The second kappa shape index (κ2) is 8.41. The molecule has 2 aromatic rings. The van der Waals surface area contributed by atoms with E-state index in [1.165, 1.54) is 22.3 Å². The molecule has 0 heterocycles. The van der Waals surface area contributed by atoms with Crippen LogP contribution in [-0.4, -0.2) is 17.7 Å². The molecule has 0 aliphatic heterocycles. The van der Waals surface area contributed by atoms with E-state index >= 15 is 0 Å². The maximum Gasteiger partial charge on any atom is 0.303 e. The molecule has 1 aliphatic carbocycles.